The molecule has 1 aliphatic heterocycles. The second-order valence-electron chi connectivity index (χ2n) is 6.96. The third kappa shape index (κ3) is 4.42. The van der Waals surface area contributed by atoms with E-state index in [1.807, 2.05) is 19.1 Å². The highest BCUT2D eigenvalue weighted by Gasteiger charge is 2.34. The summed E-state index contributed by atoms with van der Waals surface area (Å²) in [5.41, 5.74) is 2.38. The molecule has 3 rings (SSSR count). The van der Waals surface area contributed by atoms with Crippen molar-refractivity contribution in [1.29, 1.82) is 0 Å². The van der Waals surface area contributed by atoms with Gasteiger partial charge in [-0.15, -0.1) is 0 Å². The maximum atomic E-state index is 12.4. The number of carbonyl (C=O) groups is 4. The molecule has 1 aliphatic rings. The van der Waals surface area contributed by atoms with Gasteiger partial charge in [0.25, 0.3) is 11.8 Å². The molecule has 0 fully saturated rings. The van der Waals surface area contributed by atoms with Gasteiger partial charge in [-0.1, -0.05) is 43.3 Å². The van der Waals surface area contributed by atoms with Crippen LogP contribution >= 0.6 is 0 Å². The van der Waals surface area contributed by atoms with Crippen molar-refractivity contribution in [3.63, 3.8) is 0 Å². The molecule has 0 saturated heterocycles. The fourth-order valence-corrected chi connectivity index (χ4v) is 3.27. The van der Waals surface area contributed by atoms with E-state index in [0.29, 0.717) is 16.7 Å². The van der Waals surface area contributed by atoms with Crippen LogP contribution in [0.15, 0.2) is 48.5 Å². The summed E-state index contributed by atoms with van der Waals surface area (Å²) in [5.74, 6) is -1.50. The number of fused-ring (bicyclic) bond motifs is 1. The first-order valence-electron chi connectivity index (χ1n) is 9.70. The number of esters is 1. The topological polar surface area (TPSA) is 80.8 Å². The minimum absolute atomic E-state index is 0.0137. The Kier molecular flexibility index (Phi) is 6.22. The molecule has 0 unspecified atom stereocenters. The number of nitrogens with zero attached hydrogens (tertiary/aromatic N) is 1. The lowest BCUT2D eigenvalue weighted by Gasteiger charge is -2.15. The number of ether oxygens (including phenoxy) is 1. The molecule has 6 heteroatoms. The van der Waals surface area contributed by atoms with E-state index in [9.17, 15) is 19.2 Å². The predicted molar refractivity (Wildman–Crippen MR) is 107 cm³/mol. The molecule has 1 atom stereocenters. The lowest BCUT2D eigenvalue weighted by Crippen LogP contribution is -2.31. The summed E-state index contributed by atoms with van der Waals surface area (Å²) >= 11 is 0. The molecule has 0 bridgehead atoms. The zero-order chi connectivity index (χ0) is 21.0. The lowest BCUT2D eigenvalue weighted by atomic mass is 10.0. The Bertz CT molecular complexity index is 913. The highest BCUT2D eigenvalue weighted by atomic mass is 16.5. The van der Waals surface area contributed by atoms with E-state index in [1.165, 1.54) is 6.92 Å². The second kappa shape index (κ2) is 8.82. The lowest BCUT2D eigenvalue weighted by molar-refractivity contribution is -0.146. The van der Waals surface area contributed by atoms with Crippen molar-refractivity contribution >= 4 is 23.6 Å². The van der Waals surface area contributed by atoms with Crippen molar-refractivity contribution in [1.82, 2.24) is 4.90 Å². The Morgan fingerprint density at radius 2 is 1.55 bits per heavy atom. The van der Waals surface area contributed by atoms with Crippen molar-refractivity contribution in [2.45, 2.75) is 39.2 Å². The van der Waals surface area contributed by atoms with Crippen molar-refractivity contribution in [2.75, 3.05) is 6.54 Å². The normalized spacial score (nSPS) is 13.9. The van der Waals surface area contributed by atoms with Crippen LogP contribution in [0.2, 0.25) is 0 Å². The number of hydrogen-bond donors (Lipinski definition) is 0. The Morgan fingerprint density at radius 1 is 0.966 bits per heavy atom. The molecule has 2 aromatic carbocycles. The van der Waals surface area contributed by atoms with Gasteiger partial charge >= 0.3 is 5.97 Å². The minimum Gasteiger partial charge on any atom is -0.454 e. The Balaban J connectivity index is 1.48. The number of rotatable bonds is 8. The number of imide groups is 1. The van der Waals surface area contributed by atoms with Crippen LogP contribution in [-0.4, -0.2) is 41.1 Å². The van der Waals surface area contributed by atoms with Crippen LogP contribution in [-0.2, 0) is 16.0 Å². The van der Waals surface area contributed by atoms with Crippen LogP contribution in [0.4, 0.5) is 0 Å². The van der Waals surface area contributed by atoms with E-state index in [4.69, 9.17) is 4.74 Å². The maximum Gasteiger partial charge on any atom is 0.306 e. The third-order valence-corrected chi connectivity index (χ3v) is 4.96. The standard InChI is InChI=1S/C23H23NO5/c1-3-16-10-12-17(13-11-16)21(26)15(2)29-20(25)9-6-14-24-22(27)18-7-4-5-8-19(18)23(24)28/h4-5,7-8,10-13,15H,3,6,9,14H2,1-2H3/t15-/m0/s1. The smallest absolute Gasteiger partial charge is 0.306 e. The quantitative estimate of drug-likeness (QED) is 0.390. The SMILES string of the molecule is CCc1ccc(C(=O)[C@H](C)OC(=O)CCCN2C(=O)c3ccccc3C2=O)cc1. The summed E-state index contributed by atoms with van der Waals surface area (Å²) in [4.78, 5) is 50.2. The molecular weight excluding hydrogens is 370 g/mol. The summed E-state index contributed by atoms with van der Waals surface area (Å²) < 4.78 is 5.23. The van der Waals surface area contributed by atoms with Gasteiger partial charge in [-0.3, -0.25) is 24.1 Å². The van der Waals surface area contributed by atoms with E-state index in [1.54, 1.807) is 36.4 Å². The van der Waals surface area contributed by atoms with Gasteiger partial charge in [0.05, 0.1) is 11.1 Å². The molecule has 29 heavy (non-hydrogen) atoms. The van der Waals surface area contributed by atoms with E-state index < -0.39 is 12.1 Å². The summed E-state index contributed by atoms with van der Waals surface area (Å²) in [6.45, 7) is 3.70. The fourth-order valence-electron chi connectivity index (χ4n) is 3.27. The van der Waals surface area contributed by atoms with Gasteiger partial charge in [-0.25, -0.2) is 0 Å². The van der Waals surface area contributed by atoms with Crippen molar-refractivity contribution in [3.05, 3.63) is 70.8 Å². The average Bonchev–Trinajstić information content (AvgIpc) is 2.98. The molecule has 2 aromatic rings. The fraction of sp³-hybridized carbons (Fsp3) is 0.304. The number of ketones is 1. The van der Waals surface area contributed by atoms with E-state index in [0.717, 1.165) is 16.9 Å². The summed E-state index contributed by atoms with van der Waals surface area (Å²) in [7, 11) is 0. The van der Waals surface area contributed by atoms with Crippen molar-refractivity contribution in [2.24, 2.45) is 0 Å². The number of aryl methyl sites for hydroxylation is 1. The Labute approximate surface area is 169 Å². The van der Waals surface area contributed by atoms with Gasteiger partial charge in [0, 0.05) is 18.5 Å². The van der Waals surface area contributed by atoms with Crippen molar-refractivity contribution in [3.8, 4) is 0 Å². The third-order valence-electron chi connectivity index (χ3n) is 4.96. The second-order valence-corrected chi connectivity index (χ2v) is 6.96. The number of Topliss-reactive ketones (excluding diaryl/α,β-unsaturated/α-hetero) is 1. The van der Waals surface area contributed by atoms with Crippen LogP contribution in [0.3, 0.4) is 0 Å². The molecule has 0 aromatic heterocycles. The first-order valence-corrected chi connectivity index (χ1v) is 9.70. The van der Waals surface area contributed by atoms with Gasteiger partial charge in [0.15, 0.2) is 6.10 Å². The van der Waals surface area contributed by atoms with Gasteiger partial charge in [-0.05, 0) is 37.5 Å². The molecule has 150 valence electrons. The Hall–Kier alpha value is -3.28. The minimum atomic E-state index is -0.894. The molecule has 0 radical (unpaired) electrons. The molecule has 6 nitrogen and oxygen atoms in total. The monoisotopic (exact) mass is 393 g/mol. The van der Waals surface area contributed by atoms with Crippen LogP contribution < -0.4 is 0 Å². The van der Waals surface area contributed by atoms with Gasteiger partial charge in [0.1, 0.15) is 0 Å². The average molecular weight is 393 g/mol. The molecule has 0 spiro atoms. The molecular formula is C23H23NO5. The van der Waals surface area contributed by atoms with E-state index in [2.05, 4.69) is 0 Å². The highest BCUT2D eigenvalue weighted by molar-refractivity contribution is 6.21. The van der Waals surface area contributed by atoms with Crippen molar-refractivity contribution < 1.29 is 23.9 Å². The van der Waals surface area contributed by atoms with Gasteiger partial charge in [0.2, 0.25) is 5.78 Å². The van der Waals surface area contributed by atoms with Crippen LogP contribution in [0.1, 0.15) is 63.3 Å². The molecule has 2 amide bonds. The predicted octanol–water partition coefficient (Wildman–Crippen LogP) is 3.44. The first kappa shape index (κ1) is 20.5. The van der Waals surface area contributed by atoms with Gasteiger partial charge < -0.3 is 4.74 Å². The van der Waals surface area contributed by atoms with Crippen LogP contribution in [0.25, 0.3) is 0 Å². The largest absolute Gasteiger partial charge is 0.454 e. The number of hydrogen-bond acceptors (Lipinski definition) is 5. The molecule has 0 N–H and O–H groups in total. The van der Waals surface area contributed by atoms with E-state index >= 15 is 0 Å². The van der Waals surface area contributed by atoms with Crippen LogP contribution in [0.5, 0.6) is 0 Å². The summed E-state index contributed by atoms with van der Waals surface area (Å²) in [6.07, 6.45) is 0.275. The summed E-state index contributed by atoms with van der Waals surface area (Å²) in [5, 5.41) is 0. The zero-order valence-electron chi connectivity index (χ0n) is 16.5. The number of benzene rings is 2. The zero-order valence-corrected chi connectivity index (χ0v) is 16.5. The molecule has 0 saturated carbocycles. The first-order chi connectivity index (χ1) is 13.9. The van der Waals surface area contributed by atoms with Gasteiger partial charge in [-0.2, -0.15) is 0 Å². The number of amides is 2. The molecule has 1 heterocycles. The van der Waals surface area contributed by atoms with Crippen LogP contribution in [0, 0.1) is 0 Å². The molecule has 0 aliphatic carbocycles. The Morgan fingerprint density at radius 3 is 2.10 bits per heavy atom. The van der Waals surface area contributed by atoms with E-state index in [-0.39, 0.29) is 37.0 Å². The highest BCUT2D eigenvalue weighted by Crippen LogP contribution is 2.22. The summed E-state index contributed by atoms with van der Waals surface area (Å²) in [6, 6.07) is 13.9. The number of carbonyl (C=O) groups excluding carboxylic acids is 4. The maximum absolute atomic E-state index is 12.4.